The minimum Gasteiger partial charge on any atom is -0.351 e. The van der Waals surface area contributed by atoms with Gasteiger partial charge in [-0.3, -0.25) is 10.1 Å². The number of hydrogen-bond acceptors (Lipinski definition) is 6. The summed E-state index contributed by atoms with van der Waals surface area (Å²) in [5.74, 6) is 0.113. The van der Waals surface area contributed by atoms with Crippen molar-refractivity contribution in [3.63, 3.8) is 0 Å². The van der Waals surface area contributed by atoms with E-state index in [-0.39, 0.29) is 6.42 Å². The summed E-state index contributed by atoms with van der Waals surface area (Å²) in [5.41, 5.74) is 4.82. The molecular weight excluding hydrogens is 244 g/mol. The van der Waals surface area contributed by atoms with E-state index in [9.17, 15) is 9.59 Å². The number of amides is 3. The highest BCUT2D eigenvalue weighted by atomic mass is 32.2. The normalized spacial score (nSPS) is 14.6. The van der Waals surface area contributed by atoms with Crippen LogP contribution in [0.5, 0.6) is 0 Å². The molecule has 1 aliphatic carbocycles. The molecule has 0 unspecified atom stereocenters. The molecule has 3 N–H and O–H groups in total. The van der Waals surface area contributed by atoms with Gasteiger partial charge in [0.1, 0.15) is 0 Å². The molecule has 1 aromatic rings. The van der Waals surface area contributed by atoms with Crippen molar-refractivity contribution in [1.82, 2.24) is 25.5 Å². The fourth-order valence-electron chi connectivity index (χ4n) is 1.26. The molecule has 0 radical (unpaired) electrons. The average Bonchev–Trinajstić information content (AvgIpc) is 2.98. The number of thioether (sulfide) groups is 1. The van der Waals surface area contributed by atoms with E-state index in [1.807, 2.05) is 5.32 Å². The lowest BCUT2D eigenvalue weighted by molar-refractivity contribution is -0.119. The number of nitrogens with one attached hydrogen (secondary N) is 1. The summed E-state index contributed by atoms with van der Waals surface area (Å²) in [6, 6.07) is -0.422. The molecule has 92 valence electrons. The van der Waals surface area contributed by atoms with Gasteiger partial charge >= 0.3 is 6.03 Å². The Bertz CT molecular complexity index is 429. The summed E-state index contributed by atoms with van der Waals surface area (Å²) in [4.78, 5) is 21.5. The molecule has 3 amide bonds. The molecule has 8 nitrogen and oxygen atoms in total. The highest BCUT2D eigenvalue weighted by Gasteiger charge is 2.27. The van der Waals surface area contributed by atoms with Gasteiger partial charge in [0.15, 0.2) is 0 Å². The third-order valence-corrected chi connectivity index (χ3v) is 3.11. The van der Waals surface area contributed by atoms with Crippen molar-refractivity contribution < 1.29 is 9.59 Å². The van der Waals surface area contributed by atoms with E-state index in [2.05, 4.69) is 15.5 Å². The van der Waals surface area contributed by atoms with Gasteiger partial charge in [0.25, 0.3) is 0 Å². The lowest BCUT2D eigenvalue weighted by atomic mass is 10.4. The molecule has 0 saturated heterocycles. The van der Waals surface area contributed by atoms with Crippen molar-refractivity contribution in [2.45, 2.75) is 30.5 Å². The summed E-state index contributed by atoms with van der Waals surface area (Å²) in [5, 5.41) is 14.1. The summed E-state index contributed by atoms with van der Waals surface area (Å²) in [6.07, 6.45) is 2.40. The minimum absolute atomic E-state index is 0.200. The smallest absolute Gasteiger partial charge is 0.318 e. The standard InChI is InChI=1S/C8H12N6O2S/c9-7(16)10-6(15)3-4-17-8-11-12-13-14(8)5-1-2-5/h5H,1-4H2,(H3,9,10,15,16). The first-order valence-electron chi connectivity index (χ1n) is 5.17. The number of carbonyl (C=O) groups excluding carboxylic acids is 2. The number of urea groups is 1. The molecule has 2 rings (SSSR count). The molecule has 17 heavy (non-hydrogen) atoms. The summed E-state index contributed by atoms with van der Waals surface area (Å²) < 4.78 is 1.77. The third-order valence-electron chi connectivity index (χ3n) is 2.18. The Balaban J connectivity index is 1.76. The zero-order chi connectivity index (χ0) is 12.3. The number of primary amides is 1. The average molecular weight is 256 g/mol. The maximum atomic E-state index is 11.1. The van der Waals surface area contributed by atoms with Crippen LogP contribution in [0.3, 0.4) is 0 Å². The maximum Gasteiger partial charge on any atom is 0.318 e. The van der Waals surface area contributed by atoms with Crippen LogP contribution in [0.4, 0.5) is 4.79 Å². The van der Waals surface area contributed by atoms with Crippen molar-refractivity contribution in [2.24, 2.45) is 5.73 Å². The molecule has 9 heteroatoms. The lowest BCUT2D eigenvalue weighted by Gasteiger charge is -2.02. The summed E-state index contributed by atoms with van der Waals surface area (Å²) in [6.45, 7) is 0. The Labute approximate surface area is 101 Å². The molecule has 1 saturated carbocycles. The van der Waals surface area contributed by atoms with Gasteiger partial charge in [0, 0.05) is 12.2 Å². The third kappa shape index (κ3) is 3.41. The second kappa shape index (κ2) is 5.13. The predicted octanol–water partition coefficient (Wildman–Crippen LogP) is -0.315. The number of tetrazole rings is 1. The number of rotatable bonds is 5. The topological polar surface area (TPSA) is 116 Å². The maximum absolute atomic E-state index is 11.1. The van der Waals surface area contributed by atoms with E-state index in [0.29, 0.717) is 17.0 Å². The largest absolute Gasteiger partial charge is 0.351 e. The number of imide groups is 1. The molecule has 1 fully saturated rings. The van der Waals surface area contributed by atoms with Crippen LogP contribution in [-0.2, 0) is 4.79 Å². The van der Waals surface area contributed by atoms with Gasteiger partial charge < -0.3 is 5.73 Å². The van der Waals surface area contributed by atoms with Crippen LogP contribution in [0.15, 0.2) is 5.16 Å². The van der Waals surface area contributed by atoms with Gasteiger partial charge in [-0.1, -0.05) is 11.8 Å². The van der Waals surface area contributed by atoms with E-state index in [4.69, 9.17) is 5.73 Å². The highest BCUT2D eigenvalue weighted by Crippen LogP contribution is 2.36. The molecule has 0 aromatic carbocycles. The number of carbonyl (C=O) groups is 2. The highest BCUT2D eigenvalue weighted by molar-refractivity contribution is 7.99. The molecule has 0 spiro atoms. The lowest BCUT2D eigenvalue weighted by Crippen LogP contribution is -2.35. The van der Waals surface area contributed by atoms with Crippen LogP contribution in [-0.4, -0.2) is 37.9 Å². The van der Waals surface area contributed by atoms with Crippen molar-refractivity contribution >= 4 is 23.7 Å². The second-order valence-electron chi connectivity index (χ2n) is 3.65. The van der Waals surface area contributed by atoms with Crippen molar-refractivity contribution in [1.29, 1.82) is 0 Å². The Morgan fingerprint density at radius 3 is 2.94 bits per heavy atom. The zero-order valence-electron chi connectivity index (χ0n) is 9.00. The molecule has 0 atom stereocenters. The van der Waals surface area contributed by atoms with Gasteiger partial charge in [-0.25, -0.2) is 9.48 Å². The van der Waals surface area contributed by atoms with E-state index >= 15 is 0 Å². The van der Waals surface area contributed by atoms with Crippen molar-refractivity contribution in [3.05, 3.63) is 0 Å². The Kier molecular flexibility index (Phi) is 3.57. The van der Waals surface area contributed by atoms with Crippen molar-refractivity contribution in [3.8, 4) is 0 Å². The summed E-state index contributed by atoms with van der Waals surface area (Å²) in [7, 11) is 0. The van der Waals surface area contributed by atoms with Crippen LogP contribution in [0, 0.1) is 0 Å². The fourth-order valence-corrected chi connectivity index (χ4v) is 2.15. The van der Waals surface area contributed by atoms with Crippen LogP contribution in [0.1, 0.15) is 25.3 Å². The van der Waals surface area contributed by atoms with Gasteiger partial charge in [0.05, 0.1) is 6.04 Å². The van der Waals surface area contributed by atoms with Crippen LogP contribution in [0.2, 0.25) is 0 Å². The molecule has 0 aliphatic heterocycles. The van der Waals surface area contributed by atoms with Gasteiger partial charge in [-0.05, 0) is 23.3 Å². The van der Waals surface area contributed by atoms with Crippen LogP contribution >= 0.6 is 11.8 Å². The molecule has 0 bridgehead atoms. The number of aromatic nitrogens is 4. The van der Waals surface area contributed by atoms with E-state index in [1.165, 1.54) is 11.8 Å². The first-order chi connectivity index (χ1) is 8.16. The van der Waals surface area contributed by atoms with Crippen molar-refractivity contribution in [2.75, 3.05) is 5.75 Å². The van der Waals surface area contributed by atoms with Gasteiger partial charge in [0.2, 0.25) is 11.1 Å². The minimum atomic E-state index is -0.831. The number of hydrogen-bond donors (Lipinski definition) is 2. The second-order valence-corrected chi connectivity index (χ2v) is 4.71. The van der Waals surface area contributed by atoms with E-state index < -0.39 is 11.9 Å². The van der Waals surface area contributed by atoms with E-state index in [0.717, 1.165) is 12.8 Å². The van der Waals surface area contributed by atoms with Crippen LogP contribution in [0.25, 0.3) is 0 Å². The van der Waals surface area contributed by atoms with E-state index in [1.54, 1.807) is 4.68 Å². The van der Waals surface area contributed by atoms with Gasteiger partial charge in [-0.2, -0.15) is 0 Å². The Hall–Kier alpha value is -1.64. The fraction of sp³-hybridized carbons (Fsp3) is 0.625. The number of nitrogens with two attached hydrogens (primary N) is 1. The first kappa shape index (κ1) is 11.8. The molecule has 1 aliphatic rings. The summed E-state index contributed by atoms with van der Waals surface area (Å²) >= 11 is 1.39. The number of nitrogens with zero attached hydrogens (tertiary/aromatic N) is 4. The van der Waals surface area contributed by atoms with Gasteiger partial charge in [-0.15, -0.1) is 5.10 Å². The zero-order valence-corrected chi connectivity index (χ0v) is 9.81. The predicted molar refractivity (Wildman–Crippen MR) is 59.2 cm³/mol. The first-order valence-corrected chi connectivity index (χ1v) is 6.15. The monoisotopic (exact) mass is 256 g/mol. The molecule has 1 aromatic heterocycles. The molecular formula is C8H12N6O2S. The quantitative estimate of drug-likeness (QED) is 0.698. The Morgan fingerprint density at radius 2 is 2.29 bits per heavy atom. The van der Waals surface area contributed by atoms with Crippen LogP contribution < -0.4 is 11.1 Å². The SMILES string of the molecule is NC(=O)NC(=O)CCSc1nnnn1C1CC1. The molecule has 1 heterocycles. The Morgan fingerprint density at radius 1 is 1.53 bits per heavy atom.